The molecule has 1 fully saturated rings. The smallest absolute Gasteiger partial charge is 0.245 e. The van der Waals surface area contributed by atoms with Crippen molar-refractivity contribution in [3.05, 3.63) is 66.1 Å². The van der Waals surface area contributed by atoms with E-state index in [0.29, 0.717) is 11.5 Å². The molecule has 0 spiro atoms. The number of nitrogens with zero attached hydrogens (tertiary/aromatic N) is 3. The third-order valence-electron chi connectivity index (χ3n) is 6.19. The highest BCUT2D eigenvalue weighted by Gasteiger charge is 2.37. The van der Waals surface area contributed by atoms with Crippen LogP contribution in [0.25, 0.3) is 22.5 Å². The maximum atomic E-state index is 12.8. The summed E-state index contributed by atoms with van der Waals surface area (Å²) in [4.78, 5) is 12.4. The van der Waals surface area contributed by atoms with Crippen molar-refractivity contribution < 1.29 is 22.4 Å². The van der Waals surface area contributed by atoms with E-state index in [2.05, 4.69) is 29.1 Å². The molecule has 0 radical (unpaired) electrons. The first-order valence-electron chi connectivity index (χ1n) is 11.7. The molecule has 1 aliphatic heterocycles. The van der Waals surface area contributed by atoms with Gasteiger partial charge in [-0.15, -0.1) is 9.24 Å². The summed E-state index contributed by atoms with van der Waals surface area (Å²) in [7, 11) is -1.11. The van der Waals surface area contributed by atoms with Crippen LogP contribution in [0.3, 0.4) is 0 Å². The molecule has 37 heavy (non-hydrogen) atoms. The highest BCUT2D eigenvalue weighted by Crippen LogP contribution is 2.35. The van der Waals surface area contributed by atoms with E-state index in [1.807, 2.05) is 43.3 Å². The summed E-state index contributed by atoms with van der Waals surface area (Å²) in [6, 6.07) is 11.9. The third kappa shape index (κ3) is 5.37. The number of ether oxygens (including phenoxy) is 2. The predicted molar refractivity (Wildman–Crippen MR) is 141 cm³/mol. The number of aryl methyl sites for hydroxylation is 2. The zero-order valence-corrected chi connectivity index (χ0v) is 22.7. The summed E-state index contributed by atoms with van der Waals surface area (Å²) in [6.45, 7) is 5.73. The first kappa shape index (κ1) is 25.7. The molecule has 0 aliphatic carbocycles. The Bertz CT molecular complexity index is 1470. The lowest BCUT2D eigenvalue weighted by Gasteiger charge is -2.36. The molecule has 4 heterocycles. The van der Waals surface area contributed by atoms with Gasteiger partial charge in [0.2, 0.25) is 16.3 Å². The minimum atomic E-state index is -3.79. The van der Waals surface area contributed by atoms with Crippen LogP contribution in [0.5, 0.6) is 0 Å². The van der Waals surface area contributed by atoms with E-state index in [-0.39, 0.29) is 30.4 Å². The van der Waals surface area contributed by atoms with Crippen LogP contribution in [0, 0.1) is 19.3 Å². The van der Waals surface area contributed by atoms with Crippen LogP contribution in [0.1, 0.15) is 30.5 Å². The molecule has 1 aromatic carbocycles. The lowest BCUT2D eigenvalue weighted by Crippen LogP contribution is -2.45. The largest absolute Gasteiger partial charge is 0.360 e. The van der Waals surface area contributed by atoms with Crippen molar-refractivity contribution in [2.45, 2.75) is 32.0 Å². The van der Waals surface area contributed by atoms with Crippen molar-refractivity contribution in [1.29, 1.82) is 0 Å². The Hall–Kier alpha value is -2.95. The molecule has 4 aromatic rings. The zero-order chi connectivity index (χ0) is 26.2. The molecule has 194 valence electrons. The van der Waals surface area contributed by atoms with Crippen LogP contribution < -0.4 is 10.0 Å². The summed E-state index contributed by atoms with van der Waals surface area (Å²) in [5.74, 6) is 0.785. The number of aromatic nitrogens is 4. The summed E-state index contributed by atoms with van der Waals surface area (Å²) < 4.78 is 45.4. The number of hydrogen-bond donors (Lipinski definition) is 2. The molecule has 1 saturated heterocycles. The predicted octanol–water partition coefficient (Wildman–Crippen LogP) is 3.27. The van der Waals surface area contributed by atoms with E-state index in [1.54, 1.807) is 26.2 Å². The fourth-order valence-corrected chi connectivity index (χ4v) is 5.90. The lowest BCUT2D eigenvalue weighted by atomic mass is 9.92. The van der Waals surface area contributed by atoms with Crippen LogP contribution in [-0.2, 0) is 19.5 Å². The fraction of sp³-hybridized carbons (Fsp3) is 0.320. The van der Waals surface area contributed by atoms with Gasteiger partial charge >= 0.3 is 0 Å². The van der Waals surface area contributed by atoms with Gasteiger partial charge in [-0.25, -0.2) is 18.1 Å². The molecule has 10 nitrogen and oxygen atoms in total. The Morgan fingerprint density at radius 1 is 1.08 bits per heavy atom. The van der Waals surface area contributed by atoms with Gasteiger partial charge < -0.3 is 19.0 Å². The first-order valence-corrected chi connectivity index (χ1v) is 13.7. The van der Waals surface area contributed by atoms with Gasteiger partial charge in [0.1, 0.15) is 10.6 Å². The van der Waals surface area contributed by atoms with Gasteiger partial charge in [0.05, 0.1) is 24.6 Å². The molecule has 0 saturated carbocycles. The second-order valence-corrected chi connectivity index (χ2v) is 11.8. The summed E-state index contributed by atoms with van der Waals surface area (Å²) in [5, 5.41) is 4.81. The Labute approximate surface area is 217 Å². The number of nitrogens with one attached hydrogen (secondary N) is 2. The maximum absolute atomic E-state index is 12.8. The molecule has 1 atom stereocenters. The van der Waals surface area contributed by atoms with Crippen LogP contribution in [0.4, 0.5) is 0 Å². The molecule has 0 amide bonds. The van der Waals surface area contributed by atoms with Gasteiger partial charge in [0.15, 0.2) is 11.6 Å². The molecular weight excluding hydrogens is 513 g/mol. The molecule has 2 N–H and O–H groups in total. The summed E-state index contributed by atoms with van der Waals surface area (Å²) >= 11 is 0. The third-order valence-corrected chi connectivity index (χ3v) is 8.22. The minimum absolute atomic E-state index is 0.0630. The van der Waals surface area contributed by atoms with Gasteiger partial charge in [-0.1, -0.05) is 36.3 Å². The van der Waals surface area contributed by atoms with Crippen molar-refractivity contribution in [2.75, 3.05) is 19.8 Å². The van der Waals surface area contributed by atoms with Gasteiger partial charge in [-0.3, -0.25) is 4.98 Å². The number of pyridine rings is 1. The van der Waals surface area contributed by atoms with Crippen molar-refractivity contribution in [3.63, 3.8) is 0 Å². The van der Waals surface area contributed by atoms with E-state index in [1.165, 1.54) is 0 Å². The normalized spacial score (nSPS) is 20.3. The Kier molecular flexibility index (Phi) is 6.99. The number of benzene rings is 1. The Morgan fingerprint density at radius 3 is 2.38 bits per heavy atom. The molecule has 12 heteroatoms. The van der Waals surface area contributed by atoms with Gasteiger partial charge in [0, 0.05) is 35.5 Å². The number of hydrogen-bond acceptors (Lipinski definition) is 8. The summed E-state index contributed by atoms with van der Waals surface area (Å²) in [5.41, 5.74) is 3.24. The van der Waals surface area contributed by atoms with Gasteiger partial charge in [-0.2, -0.15) is 0 Å². The Balaban J connectivity index is 1.33. The van der Waals surface area contributed by atoms with Crippen LogP contribution in [0.15, 0.2) is 58.2 Å². The molecular formula is C25H28N5O5PS. The SMILES string of the molecule is Cc1noc(C)c1S(=O)(=O)NCC1(C)COC(c2nc(-c3ccc(P)cc3)c(-c3ccncc3)[nH]2)OC1. The fourth-order valence-electron chi connectivity index (χ4n) is 4.18. The maximum Gasteiger partial charge on any atom is 0.245 e. The minimum Gasteiger partial charge on any atom is -0.360 e. The van der Waals surface area contributed by atoms with E-state index in [9.17, 15) is 8.42 Å². The van der Waals surface area contributed by atoms with E-state index in [0.717, 1.165) is 27.8 Å². The zero-order valence-electron chi connectivity index (χ0n) is 20.7. The number of rotatable bonds is 7. The van der Waals surface area contributed by atoms with Gasteiger partial charge in [0.25, 0.3) is 0 Å². The topological polar surface area (TPSA) is 132 Å². The number of aromatic amines is 1. The average molecular weight is 542 g/mol. The second-order valence-electron chi connectivity index (χ2n) is 9.45. The molecule has 1 aliphatic rings. The highest BCUT2D eigenvalue weighted by molar-refractivity contribution is 7.89. The molecule has 5 rings (SSSR count). The first-order chi connectivity index (χ1) is 17.7. The molecule has 1 unspecified atom stereocenters. The van der Waals surface area contributed by atoms with Gasteiger partial charge in [-0.05, 0) is 31.3 Å². The van der Waals surface area contributed by atoms with Crippen LogP contribution in [0.2, 0.25) is 0 Å². The van der Waals surface area contributed by atoms with Crippen molar-refractivity contribution >= 4 is 24.6 Å². The van der Waals surface area contributed by atoms with E-state index < -0.39 is 21.7 Å². The summed E-state index contributed by atoms with van der Waals surface area (Å²) in [6.07, 6.45) is 2.74. The average Bonchev–Trinajstić information content (AvgIpc) is 3.48. The standard InChI is InChI=1S/C25H28N5O5PS/c1-15-22(16(2)35-30-15)37(31,32)27-12-25(3)13-33-24(34-14-25)23-28-20(17-4-6-19(36)7-5-17)21(29-23)18-8-10-26-11-9-18/h4-11,24,27H,12-14,36H2,1-3H3,(H,28,29). The quantitative estimate of drug-likeness (QED) is 0.341. The van der Waals surface area contributed by atoms with E-state index in [4.69, 9.17) is 19.0 Å². The highest BCUT2D eigenvalue weighted by atomic mass is 32.2. The van der Waals surface area contributed by atoms with Crippen molar-refractivity contribution in [2.24, 2.45) is 5.41 Å². The van der Waals surface area contributed by atoms with E-state index >= 15 is 0 Å². The number of imidazole rings is 1. The number of sulfonamides is 1. The lowest BCUT2D eigenvalue weighted by molar-refractivity contribution is -0.231. The molecule has 0 bridgehead atoms. The second kappa shape index (κ2) is 10.1. The van der Waals surface area contributed by atoms with Crippen LogP contribution in [-0.4, -0.2) is 48.3 Å². The van der Waals surface area contributed by atoms with Crippen molar-refractivity contribution in [3.8, 4) is 22.5 Å². The monoisotopic (exact) mass is 541 g/mol. The van der Waals surface area contributed by atoms with Crippen molar-refractivity contribution in [1.82, 2.24) is 24.8 Å². The molecule has 3 aromatic heterocycles. The Morgan fingerprint density at radius 2 is 1.76 bits per heavy atom. The van der Waals surface area contributed by atoms with Crippen LogP contribution >= 0.6 is 9.24 Å². The number of H-pyrrole nitrogens is 1.